The van der Waals surface area contributed by atoms with Gasteiger partial charge in [0.2, 0.25) is 0 Å². The average Bonchev–Trinajstić information content (AvgIpc) is 2.90. The van der Waals surface area contributed by atoms with E-state index in [2.05, 4.69) is 15.8 Å². The Morgan fingerprint density at radius 2 is 1.61 bits per heavy atom. The minimum Gasteiger partial charge on any atom is -0.497 e. The van der Waals surface area contributed by atoms with E-state index in [-0.39, 0.29) is 5.75 Å². The van der Waals surface area contributed by atoms with E-state index in [4.69, 9.17) is 14.2 Å². The van der Waals surface area contributed by atoms with Crippen LogP contribution in [-0.4, -0.2) is 37.7 Å². The normalized spacial score (nSPS) is 10.5. The summed E-state index contributed by atoms with van der Waals surface area (Å²) in [6, 6.07) is 18.5. The van der Waals surface area contributed by atoms with Crippen molar-refractivity contribution in [1.82, 2.24) is 5.43 Å². The fourth-order valence-electron chi connectivity index (χ4n) is 3.07. The number of hydrogen-bond acceptors (Lipinski definition) is 7. The number of nitrogens with one attached hydrogen (secondary N) is 2. The molecule has 0 heterocycles. The van der Waals surface area contributed by atoms with Gasteiger partial charge < -0.3 is 19.5 Å². The van der Waals surface area contributed by atoms with Crippen molar-refractivity contribution >= 4 is 29.7 Å². The van der Waals surface area contributed by atoms with Crippen molar-refractivity contribution in [2.24, 2.45) is 5.10 Å². The van der Waals surface area contributed by atoms with E-state index in [1.165, 1.54) is 6.21 Å². The first-order valence-electron chi connectivity index (χ1n) is 11.3. The molecule has 2 N–H and O–H groups in total. The predicted molar refractivity (Wildman–Crippen MR) is 136 cm³/mol. The maximum absolute atomic E-state index is 12.5. The molecular weight excluding hydrogens is 462 g/mol. The smallest absolute Gasteiger partial charge is 0.343 e. The number of esters is 1. The molecule has 9 heteroatoms. The first-order chi connectivity index (χ1) is 17.4. The summed E-state index contributed by atoms with van der Waals surface area (Å²) in [6.45, 7) is 4.16. The lowest BCUT2D eigenvalue weighted by molar-refractivity contribution is -0.136. The number of methoxy groups -OCH3 is 1. The Hall–Kier alpha value is -4.66. The Balaban J connectivity index is 1.61. The minimum absolute atomic E-state index is 0.229. The Morgan fingerprint density at radius 1 is 0.889 bits per heavy atom. The highest BCUT2D eigenvalue weighted by molar-refractivity contribution is 6.39. The number of hydrogen-bond donors (Lipinski definition) is 2. The highest BCUT2D eigenvalue weighted by atomic mass is 16.6. The highest BCUT2D eigenvalue weighted by Gasteiger charge is 2.15. The number of amides is 2. The van der Waals surface area contributed by atoms with E-state index < -0.39 is 17.8 Å². The van der Waals surface area contributed by atoms with Gasteiger partial charge in [-0.1, -0.05) is 19.1 Å². The summed E-state index contributed by atoms with van der Waals surface area (Å²) in [5.41, 5.74) is 4.72. The summed E-state index contributed by atoms with van der Waals surface area (Å²) in [7, 11) is 1.54. The fourth-order valence-corrected chi connectivity index (χ4v) is 3.07. The molecule has 0 aliphatic heterocycles. The van der Waals surface area contributed by atoms with Crippen LogP contribution in [0.1, 0.15) is 35.3 Å². The van der Waals surface area contributed by atoms with Gasteiger partial charge in [0.15, 0.2) is 11.5 Å². The molecule has 186 valence electrons. The topological polar surface area (TPSA) is 115 Å². The van der Waals surface area contributed by atoms with Crippen LogP contribution in [0.5, 0.6) is 17.2 Å². The van der Waals surface area contributed by atoms with E-state index >= 15 is 0 Å². The minimum atomic E-state index is -0.916. The Morgan fingerprint density at radius 3 is 2.25 bits per heavy atom. The van der Waals surface area contributed by atoms with E-state index in [0.717, 1.165) is 12.0 Å². The predicted octanol–water partition coefficient (Wildman–Crippen LogP) is 3.96. The van der Waals surface area contributed by atoms with E-state index in [1.54, 1.807) is 68.6 Å². The van der Waals surface area contributed by atoms with Gasteiger partial charge in [-0.3, -0.25) is 9.59 Å². The Kier molecular flexibility index (Phi) is 9.16. The van der Waals surface area contributed by atoms with Gasteiger partial charge in [0, 0.05) is 5.69 Å². The van der Waals surface area contributed by atoms with Crippen LogP contribution in [-0.2, 0) is 16.0 Å². The molecule has 36 heavy (non-hydrogen) atoms. The molecule has 3 aromatic rings. The number of benzene rings is 3. The van der Waals surface area contributed by atoms with Crippen molar-refractivity contribution in [3.8, 4) is 17.2 Å². The fraction of sp³-hybridized carbons (Fsp3) is 0.185. The molecule has 0 bridgehead atoms. The summed E-state index contributed by atoms with van der Waals surface area (Å²) in [5, 5.41) is 6.34. The van der Waals surface area contributed by atoms with Crippen LogP contribution < -0.4 is 25.0 Å². The van der Waals surface area contributed by atoms with Crippen LogP contribution in [0.4, 0.5) is 5.69 Å². The largest absolute Gasteiger partial charge is 0.497 e. The van der Waals surface area contributed by atoms with Gasteiger partial charge in [0.1, 0.15) is 5.75 Å². The van der Waals surface area contributed by atoms with Gasteiger partial charge >= 0.3 is 17.8 Å². The van der Waals surface area contributed by atoms with Gasteiger partial charge in [0.25, 0.3) is 0 Å². The molecule has 0 aliphatic carbocycles. The monoisotopic (exact) mass is 489 g/mol. The molecule has 0 aliphatic rings. The molecule has 0 saturated carbocycles. The van der Waals surface area contributed by atoms with Gasteiger partial charge in [-0.15, -0.1) is 0 Å². The third-order valence-corrected chi connectivity index (χ3v) is 5.00. The van der Waals surface area contributed by atoms with Crippen molar-refractivity contribution in [1.29, 1.82) is 0 Å². The van der Waals surface area contributed by atoms with Crippen molar-refractivity contribution < 1.29 is 28.6 Å². The number of ether oxygens (including phenoxy) is 3. The van der Waals surface area contributed by atoms with Gasteiger partial charge in [0.05, 0.1) is 25.5 Å². The lowest BCUT2D eigenvalue weighted by atomic mass is 10.1. The molecule has 0 saturated heterocycles. The maximum atomic E-state index is 12.5. The number of hydrazone groups is 1. The molecule has 0 atom stereocenters. The van der Waals surface area contributed by atoms with E-state index in [9.17, 15) is 14.4 Å². The number of nitrogens with zero attached hydrogens (tertiary/aromatic N) is 1. The van der Waals surface area contributed by atoms with Crippen LogP contribution in [0.3, 0.4) is 0 Å². The second kappa shape index (κ2) is 12.7. The standard InChI is InChI=1S/C27H27N3O6/c1-4-18-6-11-21(12-7-18)29-25(31)26(32)30-28-17-19-8-15-23(24(16-19)35-5-2)36-27(33)20-9-13-22(34-3)14-10-20/h6-17H,4-5H2,1-3H3,(H,29,31)(H,30,32)/b28-17+. The third-order valence-electron chi connectivity index (χ3n) is 5.00. The molecular formula is C27H27N3O6. The van der Waals surface area contributed by atoms with Crippen molar-refractivity contribution in [3.63, 3.8) is 0 Å². The molecule has 0 aromatic heterocycles. The molecule has 3 aromatic carbocycles. The van der Waals surface area contributed by atoms with Crippen LogP contribution in [0.2, 0.25) is 0 Å². The summed E-state index contributed by atoms with van der Waals surface area (Å²) in [4.78, 5) is 36.6. The van der Waals surface area contributed by atoms with Gasteiger partial charge in [-0.05, 0) is 79.1 Å². The number of aryl methyl sites for hydroxylation is 1. The zero-order valence-electron chi connectivity index (χ0n) is 20.2. The molecule has 0 spiro atoms. The van der Waals surface area contributed by atoms with Gasteiger partial charge in [-0.2, -0.15) is 5.10 Å². The maximum Gasteiger partial charge on any atom is 0.343 e. The zero-order valence-corrected chi connectivity index (χ0v) is 20.2. The summed E-state index contributed by atoms with van der Waals surface area (Å²) < 4.78 is 16.2. The lowest BCUT2D eigenvalue weighted by Crippen LogP contribution is -2.32. The Bertz CT molecular complexity index is 1240. The quantitative estimate of drug-likeness (QED) is 0.155. The second-order valence-electron chi connectivity index (χ2n) is 7.46. The number of anilines is 1. The number of carbonyl (C=O) groups is 3. The highest BCUT2D eigenvalue weighted by Crippen LogP contribution is 2.29. The van der Waals surface area contributed by atoms with Crippen molar-refractivity contribution in [3.05, 3.63) is 83.4 Å². The molecule has 0 unspecified atom stereocenters. The summed E-state index contributed by atoms with van der Waals surface area (Å²) in [6.07, 6.45) is 2.22. The van der Waals surface area contributed by atoms with Crippen molar-refractivity contribution in [2.75, 3.05) is 19.0 Å². The van der Waals surface area contributed by atoms with Crippen LogP contribution in [0.25, 0.3) is 0 Å². The van der Waals surface area contributed by atoms with E-state index in [1.807, 2.05) is 19.1 Å². The van der Waals surface area contributed by atoms with Crippen LogP contribution >= 0.6 is 0 Å². The third kappa shape index (κ3) is 7.17. The molecule has 0 radical (unpaired) electrons. The number of rotatable bonds is 9. The summed E-state index contributed by atoms with van der Waals surface area (Å²) in [5.74, 6) is -1.13. The first kappa shape index (κ1) is 26.0. The number of carbonyl (C=O) groups excluding carboxylic acids is 3. The second-order valence-corrected chi connectivity index (χ2v) is 7.46. The first-order valence-corrected chi connectivity index (χ1v) is 11.3. The molecule has 3 rings (SSSR count). The lowest BCUT2D eigenvalue weighted by Gasteiger charge is -2.11. The Labute approximate surface area is 209 Å². The zero-order chi connectivity index (χ0) is 25.9. The molecule has 2 amide bonds. The van der Waals surface area contributed by atoms with Crippen LogP contribution in [0, 0.1) is 0 Å². The molecule has 9 nitrogen and oxygen atoms in total. The van der Waals surface area contributed by atoms with E-state index in [0.29, 0.717) is 34.9 Å². The summed E-state index contributed by atoms with van der Waals surface area (Å²) >= 11 is 0. The van der Waals surface area contributed by atoms with Crippen LogP contribution in [0.15, 0.2) is 71.8 Å². The SMILES string of the molecule is CCOc1cc(/C=N/NC(=O)C(=O)Nc2ccc(CC)cc2)ccc1OC(=O)c1ccc(OC)cc1. The molecule has 0 fully saturated rings. The van der Waals surface area contributed by atoms with Crippen molar-refractivity contribution in [2.45, 2.75) is 20.3 Å². The van der Waals surface area contributed by atoms with Gasteiger partial charge in [-0.25, -0.2) is 10.2 Å². The average molecular weight is 490 g/mol.